The number of rotatable bonds is 6. The number of piperazine rings is 1. The molecule has 9 nitrogen and oxygen atoms in total. The lowest BCUT2D eigenvalue weighted by atomic mass is 10.2. The molecule has 170 valence electrons. The number of nitrogens with one attached hydrogen (secondary N) is 1. The van der Waals surface area contributed by atoms with Gasteiger partial charge in [0.25, 0.3) is 10.0 Å². The van der Waals surface area contributed by atoms with Crippen molar-refractivity contribution in [3.8, 4) is 0 Å². The maximum atomic E-state index is 12.6. The number of sulfonamides is 1. The first kappa shape index (κ1) is 24.0. The van der Waals surface area contributed by atoms with Crippen molar-refractivity contribution in [3.05, 3.63) is 20.9 Å². The van der Waals surface area contributed by atoms with Crippen molar-refractivity contribution in [1.82, 2.24) is 19.4 Å². The molecule has 1 saturated heterocycles. The molecule has 2 aromatic heterocycles. The molecule has 1 aliphatic heterocycles. The van der Waals surface area contributed by atoms with Crippen molar-refractivity contribution in [1.29, 1.82) is 0 Å². The van der Waals surface area contributed by atoms with Crippen LogP contribution < -0.4 is 5.32 Å². The van der Waals surface area contributed by atoms with Crippen molar-refractivity contribution in [2.45, 2.75) is 23.2 Å². The van der Waals surface area contributed by atoms with Crippen LogP contribution in [0, 0.1) is 0 Å². The van der Waals surface area contributed by atoms with Crippen LogP contribution in [-0.4, -0.2) is 65.8 Å². The largest absolute Gasteiger partial charge is 0.445 e. The predicted molar refractivity (Wildman–Crippen MR) is 110 cm³/mol. The van der Waals surface area contributed by atoms with E-state index in [0.717, 1.165) is 11.3 Å². The number of hydrogen-bond acceptors (Lipinski definition) is 8. The highest BCUT2D eigenvalue weighted by Crippen LogP contribution is 2.33. The average Bonchev–Trinajstić information content (AvgIpc) is 3.35. The molecule has 31 heavy (non-hydrogen) atoms. The van der Waals surface area contributed by atoms with Gasteiger partial charge in [-0.2, -0.15) is 17.5 Å². The number of anilines is 1. The summed E-state index contributed by atoms with van der Waals surface area (Å²) in [7, 11) is -3.63. The first-order valence-corrected chi connectivity index (χ1v) is 12.6. The Morgan fingerprint density at radius 3 is 2.32 bits per heavy atom. The SMILES string of the molecule is O=C(CCC(=O)N1CCN(S(=O)(=O)c2ccc(Br)s2)CC1)Nc1nnc(C(F)(F)F)s1. The van der Waals surface area contributed by atoms with E-state index >= 15 is 0 Å². The highest BCUT2D eigenvalue weighted by atomic mass is 79.9. The summed E-state index contributed by atoms with van der Waals surface area (Å²) in [6.45, 7) is 0.608. The summed E-state index contributed by atoms with van der Waals surface area (Å²) in [5, 5.41) is 6.92. The summed E-state index contributed by atoms with van der Waals surface area (Å²) in [5.41, 5.74) is 0. The molecule has 16 heteroatoms. The smallest absolute Gasteiger partial charge is 0.340 e. The van der Waals surface area contributed by atoms with Gasteiger partial charge in [-0.15, -0.1) is 21.5 Å². The fourth-order valence-electron chi connectivity index (χ4n) is 2.69. The van der Waals surface area contributed by atoms with Crippen LogP contribution in [0.25, 0.3) is 0 Å². The molecule has 3 heterocycles. The van der Waals surface area contributed by atoms with Gasteiger partial charge in [0.05, 0.1) is 3.79 Å². The van der Waals surface area contributed by atoms with Crippen molar-refractivity contribution in [3.63, 3.8) is 0 Å². The number of nitrogens with zero attached hydrogens (tertiary/aromatic N) is 4. The number of aromatic nitrogens is 2. The Bertz CT molecular complexity index is 1060. The highest BCUT2D eigenvalue weighted by molar-refractivity contribution is 9.11. The van der Waals surface area contributed by atoms with Gasteiger partial charge in [-0.3, -0.25) is 9.59 Å². The van der Waals surface area contributed by atoms with E-state index in [-0.39, 0.29) is 65.6 Å². The minimum Gasteiger partial charge on any atom is -0.340 e. The number of alkyl halides is 3. The van der Waals surface area contributed by atoms with Crippen LogP contribution in [0.4, 0.5) is 18.3 Å². The molecule has 1 N–H and O–H groups in total. The third-order valence-electron chi connectivity index (χ3n) is 4.21. The zero-order valence-electron chi connectivity index (χ0n) is 15.6. The fourth-order valence-corrected chi connectivity index (χ4v) is 6.90. The predicted octanol–water partition coefficient (Wildman–Crippen LogP) is 2.63. The average molecular weight is 562 g/mol. The second-order valence-corrected chi connectivity index (χ2v) is 11.9. The lowest BCUT2D eigenvalue weighted by Crippen LogP contribution is -2.50. The number of thiophene rings is 1. The van der Waals surface area contributed by atoms with E-state index in [1.54, 1.807) is 6.07 Å². The lowest BCUT2D eigenvalue weighted by Gasteiger charge is -2.33. The zero-order valence-corrected chi connectivity index (χ0v) is 19.6. The van der Waals surface area contributed by atoms with E-state index in [9.17, 15) is 31.2 Å². The third-order valence-corrected chi connectivity index (χ3v) is 9.09. The number of halogens is 4. The van der Waals surface area contributed by atoms with Crippen LogP contribution in [0.15, 0.2) is 20.1 Å². The third kappa shape index (κ3) is 6.00. The maximum absolute atomic E-state index is 12.6. The van der Waals surface area contributed by atoms with E-state index in [4.69, 9.17) is 0 Å². The van der Waals surface area contributed by atoms with Crippen LogP contribution in [0.1, 0.15) is 17.8 Å². The monoisotopic (exact) mass is 561 g/mol. The second kappa shape index (κ2) is 9.48. The highest BCUT2D eigenvalue weighted by Gasteiger charge is 2.36. The summed E-state index contributed by atoms with van der Waals surface area (Å²) in [6, 6.07) is 3.16. The van der Waals surface area contributed by atoms with Crippen molar-refractivity contribution >= 4 is 65.6 Å². The number of carbonyl (C=O) groups excluding carboxylic acids is 2. The molecule has 0 radical (unpaired) electrons. The summed E-state index contributed by atoms with van der Waals surface area (Å²) >= 11 is 4.52. The summed E-state index contributed by atoms with van der Waals surface area (Å²) < 4.78 is 64.9. The normalized spacial score (nSPS) is 15.8. The van der Waals surface area contributed by atoms with Crippen LogP contribution in [0.2, 0.25) is 0 Å². The van der Waals surface area contributed by atoms with Crippen molar-refractivity contribution < 1.29 is 31.2 Å². The zero-order chi connectivity index (χ0) is 22.8. The Kier molecular flexibility index (Phi) is 7.35. The van der Waals surface area contributed by atoms with Gasteiger partial charge < -0.3 is 10.2 Å². The minimum absolute atomic E-state index is 0.126. The van der Waals surface area contributed by atoms with Crippen LogP contribution in [-0.2, 0) is 25.8 Å². The molecule has 0 unspecified atom stereocenters. The molecule has 1 aliphatic rings. The maximum Gasteiger partial charge on any atom is 0.445 e. The molecular weight excluding hydrogens is 547 g/mol. The molecule has 0 saturated carbocycles. The Morgan fingerprint density at radius 1 is 1.10 bits per heavy atom. The molecule has 0 bridgehead atoms. The van der Waals surface area contributed by atoms with Gasteiger partial charge in [-0.25, -0.2) is 8.42 Å². The lowest BCUT2D eigenvalue weighted by molar-refractivity contribution is -0.138. The van der Waals surface area contributed by atoms with Gasteiger partial charge in [0.15, 0.2) is 0 Å². The molecule has 2 amide bonds. The van der Waals surface area contributed by atoms with Gasteiger partial charge in [-0.1, -0.05) is 11.3 Å². The number of hydrogen-bond donors (Lipinski definition) is 1. The first-order chi connectivity index (χ1) is 14.5. The molecule has 3 rings (SSSR count). The molecule has 0 aromatic carbocycles. The number of amides is 2. The van der Waals surface area contributed by atoms with Gasteiger partial charge >= 0.3 is 6.18 Å². The van der Waals surface area contributed by atoms with Gasteiger partial charge in [0.2, 0.25) is 22.0 Å². The molecule has 1 fully saturated rings. The van der Waals surface area contributed by atoms with Crippen LogP contribution >= 0.6 is 38.6 Å². The number of carbonyl (C=O) groups is 2. The van der Waals surface area contributed by atoms with Crippen LogP contribution in [0.3, 0.4) is 0 Å². The first-order valence-electron chi connectivity index (χ1n) is 8.70. The van der Waals surface area contributed by atoms with Gasteiger partial charge in [0, 0.05) is 39.0 Å². The Hall–Kier alpha value is -1.62. The summed E-state index contributed by atoms with van der Waals surface area (Å²) in [5.74, 6) is -1.01. The fraction of sp³-hybridized carbons (Fsp3) is 0.467. The second-order valence-electron chi connectivity index (χ2n) is 6.30. The Balaban J connectivity index is 1.46. The van der Waals surface area contributed by atoms with Crippen LogP contribution in [0.5, 0.6) is 0 Å². The Morgan fingerprint density at radius 2 is 1.77 bits per heavy atom. The van der Waals surface area contributed by atoms with E-state index in [0.29, 0.717) is 3.79 Å². The topological polar surface area (TPSA) is 113 Å². The van der Waals surface area contributed by atoms with Crippen molar-refractivity contribution in [2.24, 2.45) is 0 Å². The van der Waals surface area contributed by atoms with E-state index in [1.807, 2.05) is 0 Å². The van der Waals surface area contributed by atoms with Gasteiger partial charge in [0.1, 0.15) is 4.21 Å². The summed E-state index contributed by atoms with van der Waals surface area (Å²) in [4.78, 5) is 25.7. The molecule has 0 atom stereocenters. The van der Waals surface area contributed by atoms with E-state index in [2.05, 4.69) is 31.4 Å². The van der Waals surface area contributed by atoms with Crippen molar-refractivity contribution in [2.75, 3.05) is 31.5 Å². The minimum atomic E-state index is -4.65. The Labute approximate surface area is 191 Å². The summed E-state index contributed by atoms with van der Waals surface area (Å²) in [6.07, 6.45) is -5.06. The van der Waals surface area contributed by atoms with E-state index in [1.165, 1.54) is 15.3 Å². The van der Waals surface area contributed by atoms with Gasteiger partial charge in [-0.05, 0) is 28.1 Å². The van der Waals surface area contributed by atoms with E-state index < -0.39 is 27.1 Å². The molecule has 0 spiro atoms. The molecule has 2 aromatic rings. The molecular formula is C15H15BrF3N5O4S3. The standard InChI is InChI=1S/C15H15BrF3N5O4S3/c16-9-1-4-12(29-9)31(27,28)24-7-5-23(6-8-24)11(26)3-2-10(25)20-14-22-21-13(30-14)15(17,18)19/h1,4H,2-3,5-8H2,(H,20,22,25). The quantitative estimate of drug-likeness (QED) is 0.580. The molecule has 0 aliphatic carbocycles.